The van der Waals surface area contributed by atoms with Gasteiger partial charge in [0.15, 0.2) is 0 Å². The minimum atomic E-state index is 0.112. The molecule has 20 heavy (non-hydrogen) atoms. The fourth-order valence-electron chi connectivity index (χ4n) is 2.04. The first-order valence-electron chi connectivity index (χ1n) is 6.16. The predicted molar refractivity (Wildman–Crippen MR) is 102 cm³/mol. The van der Waals surface area contributed by atoms with Gasteiger partial charge in [-0.15, -0.1) is 0 Å². The van der Waals surface area contributed by atoms with E-state index in [1.807, 2.05) is 12.1 Å². The lowest BCUT2D eigenvalue weighted by molar-refractivity contribution is 0.628. The molecular weight excluding hydrogens is 516 g/mol. The number of hydrogen-bond acceptors (Lipinski definition) is 1. The maximum atomic E-state index is 6.26. The molecule has 0 radical (unpaired) electrons. The molecule has 0 saturated carbocycles. The molecule has 0 bridgehead atoms. The molecule has 2 rings (SSSR count). The normalized spacial score (nSPS) is 12.4. The molecule has 1 N–H and O–H groups in total. The summed E-state index contributed by atoms with van der Waals surface area (Å²) in [5.74, 6) is 0. The minimum absolute atomic E-state index is 0.112. The molecule has 1 nitrogen and oxygen atoms in total. The van der Waals surface area contributed by atoms with Crippen LogP contribution in [0.3, 0.4) is 0 Å². The van der Waals surface area contributed by atoms with Crippen molar-refractivity contribution in [2.24, 2.45) is 0 Å². The molecule has 0 spiro atoms. The van der Waals surface area contributed by atoms with E-state index in [4.69, 9.17) is 11.6 Å². The van der Waals surface area contributed by atoms with Crippen LogP contribution in [0.1, 0.15) is 24.1 Å². The second-order valence-electron chi connectivity index (χ2n) is 4.33. The Hall–Kier alpha value is 0.380. The highest BCUT2D eigenvalue weighted by Gasteiger charge is 2.17. The van der Waals surface area contributed by atoms with Crippen molar-refractivity contribution in [2.75, 3.05) is 6.54 Å². The van der Waals surface area contributed by atoms with Crippen molar-refractivity contribution >= 4 is 66.1 Å². The molecule has 0 aliphatic rings. The molecule has 0 aromatic heterocycles. The Bertz CT molecular complexity index is 619. The molecule has 5 heteroatoms. The Kier molecular flexibility index (Phi) is 6.35. The number of nitrogens with one attached hydrogen (secondary N) is 1. The highest BCUT2D eigenvalue weighted by Crippen LogP contribution is 2.33. The summed E-state index contributed by atoms with van der Waals surface area (Å²) in [5.41, 5.74) is 2.36. The van der Waals surface area contributed by atoms with Crippen LogP contribution in [-0.2, 0) is 0 Å². The smallest absolute Gasteiger partial charge is 0.0588 e. The third-order valence-electron chi connectivity index (χ3n) is 2.95. The maximum absolute atomic E-state index is 6.26. The fraction of sp³-hybridized carbons (Fsp3) is 0.200. The first kappa shape index (κ1) is 16.7. The number of rotatable bonds is 4. The zero-order valence-corrected chi connectivity index (χ0v) is 16.8. The van der Waals surface area contributed by atoms with Crippen molar-refractivity contribution in [3.63, 3.8) is 0 Å². The largest absolute Gasteiger partial charge is 0.306 e. The second kappa shape index (κ2) is 7.58. The van der Waals surface area contributed by atoms with Crippen LogP contribution in [0, 0.1) is 3.57 Å². The fourth-order valence-corrected chi connectivity index (χ4v) is 3.42. The van der Waals surface area contributed by atoms with Gasteiger partial charge in [-0.3, -0.25) is 0 Å². The zero-order valence-electron chi connectivity index (χ0n) is 10.8. The van der Waals surface area contributed by atoms with E-state index in [-0.39, 0.29) is 6.04 Å². The summed E-state index contributed by atoms with van der Waals surface area (Å²) in [6.45, 7) is 2.99. The van der Waals surface area contributed by atoms with E-state index in [9.17, 15) is 0 Å². The van der Waals surface area contributed by atoms with Crippen molar-refractivity contribution in [1.82, 2.24) is 5.32 Å². The summed E-state index contributed by atoms with van der Waals surface area (Å²) in [6.07, 6.45) is 0. The summed E-state index contributed by atoms with van der Waals surface area (Å²) in [7, 11) is 0. The lowest BCUT2D eigenvalue weighted by Gasteiger charge is -2.21. The summed E-state index contributed by atoms with van der Waals surface area (Å²) in [5, 5.41) is 4.31. The van der Waals surface area contributed by atoms with Crippen LogP contribution in [0.5, 0.6) is 0 Å². The molecule has 0 fully saturated rings. The Balaban J connectivity index is 2.49. The van der Waals surface area contributed by atoms with Gasteiger partial charge in [0.2, 0.25) is 0 Å². The van der Waals surface area contributed by atoms with Gasteiger partial charge in [0.25, 0.3) is 0 Å². The van der Waals surface area contributed by atoms with Crippen molar-refractivity contribution in [2.45, 2.75) is 13.0 Å². The molecule has 1 atom stereocenters. The molecule has 0 saturated heterocycles. The third-order valence-corrected chi connectivity index (χ3v) is 5.74. The molecule has 0 aliphatic carbocycles. The third kappa shape index (κ3) is 3.97. The van der Waals surface area contributed by atoms with Crippen LogP contribution in [0.4, 0.5) is 0 Å². The second-order valence-corrected chi connectivity index (χ2v) is 7.67. The SMILES string of the molecule is CCNC(c1ccc(I)c(Cl)c1)c1cc(Br)ccc1Br. The van der Waals surface area contributed by atoms with Crippen molar-refractivity contribution < 1.29 is 0 Å². The van der Waals surface area contributed by atoms with Gasteiger partial charge in [0, 0.05) is 12.5 Å². The molecule has 0 aliphatic heterocycles. The van der Waals surface area contributed by atoms with Crippen LogP contribution in [0.2, 0.25) is 5.02 Å². The summed E-state index contributed by atoms with van der Waals surface area (Å²) in [4.78, 5) is 0. The number of halogens is 4. The van der Waals surface area contributed by atoms with Crippen LogP contribution in [-0.4, -0.2) is 6.54 Å². The molecule has 2 aromatic rings. The van der Waals surface area contributed by atoms with Gasteiger partial charge in [-0.05, 0) is 70.6 Å². The first-order valence-corrected chi connectivity index (χ1v) is 9.20. The molecule has 0 heterocycles. The Labute approximate surface area is 154 Å². The average molecular weight is 529 g/mol. The monoisotopic (exact) mass is 527 g/mol. The maximum Gasteiger partial charge on any atom is 0.0588 e. The standard InChI is InChI=1S/C15H13Br2ClIN/c1-2-20-15(9-3-6-14(19)13(18)7-9)11-8-10(16)4-5-12(11)17/h3-8,15,20H,2H2,1H3. The van der Waals surface area contributed by atoms with Crippen LogP contribution < -0.4 is 5.32 Å². The molecule has 2 aromatic carbocycles. The molecule has 106 valence electrons. The Morgan fingerprint density at radius 1 is 1.20 bits per heavy atom. The van der Waals surface area contributed by atoms with Gasteiger partial charge in [-0.2, -0.15) is 0 Å². The first-order chi connectivity index (χ1) is 9.52. The van der Waals surface area contributed by atoms with E-state index in [1.165, 1.54) is 5.56 Å². The highest BCUT2D eigenvalue weighted by molar-refractivity contribution is 14.1. The van der Waals surface area contributed by atoms with E-state index in [1.54, 1.807) is 0 Å². The number of hydrogen-bond donors (Lipinski definition) is 1. The highest BCUT2D eigenvalue weighted by atomic mass is 127. The summed E-state index contributed by atoms with van der Waals surface area (Å²) < 4.78 is 3.22. The van der Waals surface area contributed by atoms with Crippen LogP contribution in [0.25, 0.3) is 0 Å². The molecule has 0 amide bonds. The quantitative estimate of drug-likeness (QED) is 0.468. The Morgan fingerprint density at radius 2 is 1.95 bits per heavy atom. The van der Waals surface area contributed by atoms with Gasteiger partial charge >= 0.3 is 0 Å². The van der Waals surface area contributed by atoms with E-state index in [2.05, 4.69) is 91.0 Å². The van der Waals surface area contributed by atoms with E-state index in [0.29, 0.717) is 0 Å². The van der Waals surface area contributed by atoms with E-state index >= 15 is 0 Å². The van der Waals surface area contributed by atoms with E-state index in [0.717, 1.165) is 29.6 Å². The van der Waals surface area contributed by atoms with Crippen LogP contribution in [0.15, 0.2) is 45.3 Å². The zero-order chi connectivity index (χ0) is 14.7. The molecular formula is C15H13Br2ClIN. The summed E-state index contributed by atoms with van der Waals surface area (Å²) in [6, 6.07) is 12.5. The topological polar surface area (TPSA) is 12.0 Å². The van der Waals surface area contributed by atoms with Gasteiger partial charge in [-0.1, -0.05) is 56.5 Å². The Morgan fingerprint density at radius 3 is 2.60 bits per heavy atom. The average Bonchev–Trinajstić information content (AvgIpc) is 2.42. The lowest BCUT2D eigenvalue weighted by atomic mass is 9.99. The van der Waals surface area contributed by atoms with Gasteiger partial charge in [-0.25, -0.2) is 0 Å². The predicted octanol–water partition coefficient (Wildman–Crippen LogP) is 6.17. The van der Waals surface area contributed by atoms with Crippen molar-refractivity contribution in [3.8, 4) is 0 Å². The number of benzene rings is 2. The van der Waals surface area contributed by atoms with Gasteiger partial charge in [0.05, 0.1) is 11.1 Å². The van der Waals surface area contributed by atoms with Crippen molar-refractivity contribution in [3.05, 3.63) is 65.1 Å². The lowest BCUT2D eigenvalue weighted by Crippen LogP contribution is -2.22. The van der Waals surface area contributed by atoms with Gasteiger partial charge < -0.3 is 5.32 Å². The van der Waals surface area contributed by atoms with Crippen molar-refractivity contribution in [1.29, 1.82) is 0 Å². The minimum Gasteiger partial charge on any atom is -0.306 e. The van der Waals surface area contributed by atoms with Gasteiger partial charge in [0.1, 0.15) is 0 Å². The van der Waals surface area contributed by atoms with E-state index < -0.39 is 0 Å². The molecule has 1 unspecified atom stereocenters. The van der Waals surface area contributed by atoms with Crippen LogP contribution >= 0.6 is 66.1 Å². The summed E-state index contributed by atoms with van der Waals surface area (Å²) >= 11 is 15.7.